The molecule has 0 aromatic heterocycles. The number of piperidine rings is 1. The summed E-state index contributed by atoms with van der Waals surface area (Å²) in [6.45, 7) is 4.71. The molecule has 0 aromatic rings. The minimum Gasteiger partial charge on any atom is -0.328 e. The Morgan fingerprint density at radius 1 is 1.50 bits per heavy atom. The lowest BCUT2D eigenvalue weighted by atomic mass is 10.1. The molecular formula is C9H20N2S. The fourth-order valence-corrected chi connectivity index (χ4v) is 2.40. The molecule has 0 radical (unpaired) electrons. The van der Waals surface area contributed by atoms with Gasteiger partial charge in [-0.15, -0.1) is 0 Å². The van der Waals surface area contributed by atoms with E-state index in [0.717, 1.165) is 6.04 Å². The molecule has 1 unspecified atom stereocenters. The van der Waals surface area contributed by atoms with Crippen LogP contribution >= 0.6 is 11.8 Å². The lowest BCUT2D eigenvalue weighted by Crippen LogP contribution is -2.44. The summed E-state index contributed by atoms with van der Waals surface area (Å²) < 4.78 is 0. The van der Waals surface area contributed by atoms with Crippen LogP contribution in [0.15, 0.2) is 0 Å². The molecule has 1 aliphatic heterocycles. The number of hydrogen-bond donors (Lipinski definition) is 1. The number of likely N-dealkylation sites (tertiary alicyclic amines) is 1. The van der Waals surface area contributed by atoms with Crippen molar-refractivity contribution in [1.82, 2.24) is 4.90 Å². The van der Waals surface area contributed by atoms with Gasteiger partial charge in [-0.2, -0.15) is 11.8 Å². The lowest BCUT2D eigenvalue weighted by Gasteiger charge is -2.34. The van der Waals surface area contributed by atoms with Gasteiger partial charge in [0.05, 0.1) is 0 Å². The molecule has 0 aliphatic carbocycles. The van der Waals surface area contributed by atoms with E-state index in [2.05, 4.69) is 18.1 Å². The number of hydrogen-bond acceptors (Lipinski definition) is 3. The maximum atomic E-state index is 5.84. The van der Waals surface area contributed by atoms with E-state index in [0.29, 0.717) is 6.04 Å². The SMILES string of the molecule is CSCC(C)N1CCC(N)CC1. The van der Waals surface area contributed by atoms with Gasteiger partial charge in [-0.25, -0.2) is 0 Å². The van der Waals surface area contributed by atoms with Gasteiger partial charge >= 0.3 is 0 Å². The summed E-state index contributed by atoms with van der Waals surface area (Å²) in [4.78, 5) is 2.56. The van der Waals surface area contributed by atoms with Crippen molar-refractivity contribution in [1.29, 1.82) is 0 Å². The summed E-state index contributed by atoms with van der Waals surface area (Å²) in [6.07, 6.45) is 4.53. The van der Waals surface area contributed by atoms with Gasteiger partial charge in [0, 0.05) is 17.8 Å². The van der Waals surface area contributed by atoms with E-state index in [4.69, 9.17) is 5.73 Å². The van der Waals surface area contributed by atoms with E-state index in [1.165, 1.54) is 31.7 Å². The Labute approximate surface area is 79.9 Å². The first-order chi connectivity index (χ1) is 5.74. The van der Waals surface area contributed by atoms with Crippen molar-refractivity contribution in [2.45, 2.75) is 31.8 Å². The van der Waals surface area contributed by atoms with Crippen LogP contribution in [0.5, 0.6) is 0 Å². The van der Waals surface area contributed by atoms with Crippen LogP contribution in [0.1, 0.15) is 19.8 Å². The minimum atomic E-state index is 0.461. The molecule has 0 aromatic carbocycles. The predicted octanol–water partition coefficient (Wildman–Crippen LogP) is 1.16. The Kier molecular flexibility index (Phi) is 4.40. The molecule has 2 nitrogen and oxygen atoms in total. The highest BCUT2D eigenvalue weighted by Crippen LogP contribution is 2.13. The normalized spacial score (nSPS) is 24.2. The standard InChI is InChI=1S/C9H20N2S/c1-8(7-12-2)11-5-3-9(10)4-6-11/h8-9H,3-7,10H2,1-2H3. The predicted molar refractivity (Wildman–Crippen MR) is 56.6 cm³/mol. The zero-order chi connectivity index (χ0) is 8.97. The van der Waals surface area contributed by atoms with Gasteiger partial charge in [0.15, 0.2) is 0 Å². The summed E-state index contributed by atoms with van der Waals surface area (Å²) in [5, 5.41) is 0. The van der Waals surface area contributed by atoms with Crippen molar-refractivity contribution >= 4 is 11.8 Å². The number of thioether (sulfide) groups is 1. The number of nitrogens with zero attached hydrogens (tertiary/aromatic N) is 1. The molecule has 1 saturated heterocycles. The number of nitrogens with two attached hydrogens (primary N) is 1. The van der Waals surface area contributed by atoms with Gasteiger partial charge < -0.3 is 5.73 Å². The molecule has 2 N–H and O–H groups in total. The third kappa shape index (κ3) is 2.96. The van der Waals surface area contributed by atoms with E-state index in [-0.39, 0.29) is 0 Å². The zero-order valence-electron chi connectivity index (χ0n) is 8.12. The molecule has 1 heterocycles. The Morgan fingerprint density at radius 3 is 2.58 bits per heavy atom. The summed E-state index contributed by atoms with van der Waals surface area (Å²) >= 11 is 1.93. The first kappa shape index (κ1) is 10.4. The summed E-state index contributed by atoms with van der Waals surface area (Å²) in [5.41, 5.74) is 5.84. The first-order valence-electron chi connectivity index (χ1n) is 4.72. The average Bonchev–Trinajstić information content (AvgIpc) is 2.06. The van der Waals surface area contributed by atoms with E-state index >= 15 is 0 Å². The Morgan fingerprint density at radius 2 is 2.08 bits per heavy atom. The van der Waals surface area contributed by atoms with E-state index in [9.17, 15) is 0 Å². The van der Waals surface area contributed by atoms with Crippen LogP contribution < -0.4 is 5.73 Å². The van der Waals surface area contributed by atoms with Crippen molar-refractivity contribution in [3.05, 3.63) is 0 Å². The van der Waals surface area contributed by atoms with Crippen LogP contribution in [0.25, 0.3) is 0 Å². The fourth-order valence-electron chi connectivity index (χ4n) is 1.71. The monoisotopic (exact) mass is 188 g/mol. The van der Waals surface area contributed by atoms with E-state index in [1.807, 2.05) is 11.8 Å². The Bertz CT molecular complexity index is 122. The molecule has 1 fully saturated rings. The Hall–Kier alpha value is 0.270. The minimum absolute atomic E-state index is 0.461. The second-order valence-electron chi connectivity index (χ2n) is 3.68. The molecule has 0 spiro atoms. The second-order valence-corrected chi connectivity index (χ2v) is 4.59. The topological polar surface area (TPSA) is 29.3 Å². The van der Waals surface area contributed by atoms with Crippen LogP contribution in [0, 0.1) is 0 Å². The second kappa shape index (κ2) is 5.10. The molecule has 72 valence electrons. The third-order valence-electron chi connectivity index (χ3n) is 2.61. The van der Waals surface area contributed by atoms with Gasteiger partial charge in [-0.1, -0.05) is 0 Å². The number of rotatable bonds is 3. The first-order valence-corrected chi connectivity index (χ1v) is 6.12. The molecule has 0 saturated carbocycles. The maximum absolute atomic E-state index is 5.84. The van der Waals surface area contributed by atoms with Crippen LogP contribution in [-0.2, 0) is 0 Å². The van der Waals surface area contributed by atoms with Crippen LogP contribution in [0.2, 0.25) is 0 Å². The highest BCUT2D eigenvalue weighted by molar-refractivity contribution is 7.98. The lowest BCUT2D eigenvalue weighted by molar-refractivity contribution is 0.175. The van der Waals surface area contributed by atoms with Crippen LogP contribution in [0.4, 0.5) is 0 Å². The van der Waals surface area contributed by atoms with Crippen molar-refractivity contribution in [2.75, 3.05) is 25.1 Å². The van der Waals surface area contributed by atoms with Crippen molar-refractivity contribution in [3.63, 3.8) is 0 Å². The molecule has 0 bridgehead atoms. The molecule has 3 heteroatoms. The van der Waals surface area contributed by atoms with Crippen LogP contribution in [0.3, 0.4) is 0 Å². The van der Waals surface area contributed by atoms with Gasteiger partial charge in [0.2, 0.25) is 0 Å². The van der Waals surface area contributed by atoms with E-state index in [1.54, 1.807) is 0 Å². The molecule has 1 rings (SSSR count). The molecule has 1 aliphatic rings. The van der Waals surface area contributed by atoms with Gasteiger partial charge in [0.1, 0.15) is 0 Å². The van der Waals surface area contributed by atoms with Crippen LogP contribution in [-0.4, -0.2) is 42.1 Å². The van der Waals surface area contributed by atoms with Crippen molar-refractivity contribution in [3.8, 4) is 0 Å². The quantitative estimate of drug-likeness (QED) is 0.721. The molecule has 0 amide bonds. The third-order valence-corrected chi connectivity index (χ3v) is 3.42. The van der Waals surface area contributed by atoms with Crippen molar-refractivity contribution < 1.29 is 0 Å². The smallest absolute Gasteiger partial charge is 0.0157 e. The highest BCUT2D eigenvalue weighted by atomic mass is 32.2. The molecular weight excluding hydrogens is 168 g/mol. The Balaban J connectivity index is 2.24. The van der Waals surface area contributed by atoms with Crippen molar-refractivity contribution in [2.24, 2.45) is 5.73 Å². The summed E-state index contributed by atoms with van der Waals surface area (Å²) in [6, 6.07) is 1.19. The van der Waals surface area contributed by atoms with Gasteiger partial charge in [-0.3, -0.25) is 4.90 Å². The molecule has 12 heavy (non-hydrogen) atoms. The average molecular weight is 188 g/mol. The summed E-state index contributed by atoms with van der Waals surface area (Å²) in [5.74, 6) is 1.25. The van der Waals surface area contributed by atoms with Gasteiger partial charge in [0.25, 0.3) is 0 Å². The summed E-state index contributed by atoms with van der Waals surface area (Å²) in [7, 11) is 0. The largest absolute Gasteiger partial charge is 0.328 e. The highest BCUT2D eigenvalue weighted by Gasteiger charge is 2.19. The zero-order valence-corrected chi connectivity index (χ0v) is 8.94. The maximum Gasteiger partial charge on any atom is 0.0157 e. The van der Waals surface area contributed by atoms with Gasteiger partial charge in [-0.05, 0) is 39.1 Å². The fraction of sp³-hybridized carbons (Fsp3) is 1.00. The van der Waals surface area contributed by atoms with E-state index < -0.39 is 0 Å². The molecule has 1 atom stereocenters.